The van der Waals surface area contributed by atoms with Gasteiger partial charge in [0.2, 0.25) is 0 Å². The smallest absolute Gasteiger partial charge is 0.267 e. The molecule has 0 bridgehead atoms. The number of ether oxygens (including phenoxy) is 1. The van der Waals surface area contributed by atoms with E-state index in [4.69, 9.17) is 16.3 Å². The molecule has 0 saturated carbocycles. The number of anilines is 1. The second kappa shape index (κ2) is 6.96. The third-order valence-corrected chi connectivity index (χ3v) is 4.38. The number of nitrogens with zero attached hydrogens (tertiary/aromatic N) is 1. The lowest BCUT2D eigenvalue weighted by Gasteiger charge is -2.34. The highest BCUT2D eigenvalue weighted by Gasteiger charge is 2.21. The van der Waals surface area contributed by atoms with E-state index in [-0.39, 0.29) is 11.9 Å². The fraction of sp³-hybridized carbons (Fsp3) is 0.353. The SMILES string of the molecule is COc1ccc(N2CCC(NC(=O)c3cc(Cl)c[nH]3)CC2)cc1. The molecule has 0 atom stereocenters. The number of carbonyl (C=O) groups is 1. The molecule has 1 aromatic heterocycles. The molecule has 0 radical (unpaired) electrons. The molecule has 0 aliphatic carbocycles. The normalized spacial score (nSPS) is 15.5. The van der Waals surface area contributed by atoms with Crippen molar-refractivity contribution in [2.45, 2.75) is 18.9 Å². The van der Waals surface area contributed by atoms with Crippen LogP contribution in [-0.2, 0) is 0 Å². The van der Waals surface area contributed by atoms with E-state index in [1.165, 1.54) is 5.69 Å². The molecule has 1 aliphatic heterocycles. The van der Waals surface area contributed by atoms with Gasteiger partial charge >= 0.3 is 0 Å². The lowest BCUT2D eigenvalue weighted by atomic mass is 10.0. The van der Waals surface area contributed by atoms with Crippen molar-refractivity contribution in [1.82, 2.24) is 10.3 Å². The second-order valence-electron chi connectivity index (χ2n) is 5.66. The number of aromatic nitrogens is 1. The lowest BCUT2D eigenvalue weighted by Crippen LogP contribution is -2.44. The number of rotatable bonds is 4. The summed E-state index contributed by atoms with van der Waals surface area (Å²) in [5.41, 5.74) is 1.69. The van der Waals surface area contributed by atoms with Crippen molar-refractivity contribution < 1.29 is 9.53 Å². The maximum absolute atomic E-state index is 12.1. The highest BCUT2D eigenvalue weighted by molar-refractivity contribution is 6.30. The lowest BCUT2D eigenvalue weighted by molar-refractivity contribution is 0.0926. The number of H-pyrrole nitrogens is 1. The van der Waals surface area contributed by atoms with Gasteiger partial charge in [-0.1, -0.05) is 11.6 Å². The Kier molecular flexibility index (Phi) is 4.76. The molecule has 1 fully saturated rings. The fourth-order valence-corrected chi connectivity index (χ4v) is 3.00. The summed E-state index contributed by atoms with van der Waals surface area (Å²) >= 11 is 5.83. The molecular weight excluding hydrogens is 314 g/mol. The number of hydrogen-bond donors (Lipinski definition) is 2. The maximum Gasteiger partial charge on any atom is 0.267 e. The molecule has 2 N–H and O–H groups in total. The first-order valence-corrected chi connectivity index (χ1v) is 8.07. The monoisotopic (exact) mass is 333 g/mol. The zero-order valence-corrected chi connectivity index (χ0v) is 13.8. The van der Waals surface area contributed by atoms with Crippen LogP contribution >= 0.6 is 11.6 Å². The summed E-state index contributed by atoms with van der Waals surface area (Å²) in [6, 6.07) is 9.91. The van der Waals surface area contributed by atoms with E-state index in [2.05, 4.69) is 27.3 Å². The minimum absolute atomic E-state index is 0.0974. The minimum Gasteiger partial charge on any atom is -0.497 e. The quantitative estimate of drug-likeness (QED) is 0.904. The van der Waals surface area contributed by atoms with E-state index in [1.807, 2.05) is 12.1 Å². The Bertz CT molecular complexity index is 661. The number of nitrogens with one attached hydrogen (secondary N) is 2. The van der Waals surface area contributed by atoms with Crippen LogP contribution in [-0.4, -0.2) is 37.1 Å². The van der Waals surface area contributed by atoms with Crippen LogP contribution in [0.5, 0.6) is 5.75 Å². The van der Waals surface area contributed by atoms with Crippen LogP contribution in [0.25, 0.3) is 0 Å². The van der Waals surface area contributed by atoms with Gasteiger partial charge in [0, 0.05) is 31.0 Å². The van der Waals surface area contributed by atoms with Crippen molar-refractivity contribution in [1.29, 1.82) is 0 Å². The first-order chi connectivity index (χ1) is 11.2. The molecule has 2 aromatic rings. The highest BCUT2D eigenvalue weighted by atomic mass is 35.5. The summed E-state index contributed by atoms with van der Waals surface area (Å²) in [7, 11) is 1.67. The molecule has 1 aliphatic rings. The van der Waals surface area contributed by atoms with Gasteiger partial charge in [-0.3, -0.25) is 4.79 Å². The summed E-state index contributed by atoms with van der Waals surface area (Å²) in [5.74, 6) is 0.764. The van der Waals surface area contributed by atoms with E-state index in [1.54, 1.807) is 19.4 Å². The molecule has 2 heterocycles. The summed E-state index contributed by atoms with van der Waals surface area (Å²) in [5, 5.41) is 3.61. The average Bonchev–Trinajstić information content (AvgIpc) is 3.02. The molecule has 5 nitrogen and oxygen atoms in total. The Hall–Kier alpha value is -2.14. The number of carbonyl (C=O) groups excluding carboxylic acids is 1. The van der Waals surface area contributed by atoms with Crippen molar-refractivity contribution in [2.75, 3.05) is 25.1 Å². The van der Waals surface area contributed by atoms with Crippen molar-refractivity contribution in [3.05, 3.63) is 47.2 Å². The number of benzene rings is 1. The number of hydrogen-bond acceptors (Lipinski definition) is 3. The molecule has 1 saturated heterocycles. The Morgan fingerprint density at radius 1 is 1.30 bits per heavy atom. The van der Waals surface area contributed by atoms with Crippen molar-refractivity contribution in [3.63, 3.8) is 0 Å². The van der Waals surface area contributed by atoms with Gasteiger partial charge in [-0.25, -0.2) is 0 Å². The molecular formula is C17H20ClN3O2. The molecule has 122 valence electrons. The number of aromatic amines is 1. The Morgan fingerprint density at radius 3 is 2.57 bits per heavy atom. The Balaban J connectivity index is 1.52. The third-order valence-electron chi connectivity index (χ3n) is 4.16. The van der Waals surface area contributed by atoms with E-state index >= 15 is 0 Å². The Labute approximate surface area is 140 Å². The summed E-state index contributed by atoms with van der Waals surface area (Å²) in [6.07, 6.45) is 3.46. The van der Waals surface area contributed by atoms with Gasteiger partial charge in [0.25, 0.3) is 5.91 Å². The minimum atomic E-state index is -0.0974. The maximum atomic E-state index is 12.1. The molecule has 3 rings (SSSR count). The predicted octanol–water partition coefficient (Wildman–Crippen LogP) is 3.08. The molecule has 0 spiro atoms. The van der Waals surface area contributed by atoms with E-state index in [0.29, 0.717) is 10.7 Å². The summed E-state index contributed by atoms with van der Waals surface area (Å²) < 4.78 is 5.18. The van der Waals surface area contributed by atoms with Crippen LogP contribution in [0.1, 0.15) is 23.3 Å². The first-order valence-electron chi connectivity index (χ1n) is 7.69. The van der Waals surface area contributed by atoms with Gasteiger partial charge < -0.3 is 19.9 Å². The summed E-state index contributed by atoms with van der Waals surface area (Å²) in [6.45, 7) is 1.84. The van der Waals surface area contributed by atoms with Crippen LogP contribution < -0.4 is 15.0 Å². The van der Waals surface area contributed by atoms with Gasteiger partial charge in [0.15, 0.2) is 0 Å². The van der Waals surface area contributed by atoms with Gasteiger partial charge in [0.1, 0.15) is 11.4 Å². The van der Waals surface area contributed by atoms with Crippen LogP contribution in [0.3, 0.4) is 0 Å². The Morgan fingerprint density at radius 2 is 2.00 bits per heavy atom. The zero-order valence-electron chi connectivity index (χ0n) is 13.0. The number of piperidine rings is 1. The highest BCUT2D eigenvalue weighted by Crippen LogP contribution is 2.23. The molecule has 1 amide bonds. The van der Waals surface area contributed by atoms with Crippen LogP contribution in [0.2, 0.25) is 5.02 Å². The largest absolute Gasteiger partial charge is 0.497 e. The first kappa shape index (κ1) is 15.7. The van der Waals surface area contributed by atoms with Crippen molar-refractivity contribution in [2.24, 2.45) is 0 Å². The zero-order chi connectivity index (χ0) is 16.2. The molecule has 6 heteroatoms. The number of amides is 1. The third kappa shape index (κ3) is 3.79. The summed E-state index contributed by atoms with van der Waals surface area (Å²) in [4.78, 5) is 17.3. The van der Waals surface area contributed by atoms with E-state index in [9.17, 15) is 4.79 Å². The van der Waals surface area contributed by atoms with Gasteiger partial charge in [-0.15, -0.1) is 0 Å². The van der Waals surface area contributed by atoms with Crippen molar-refractivity contribution >= 4 is 23.2 Å². The van der Waals surface area contributed by atoms with Gasteiger partial charge in [-0.05, 0) is 43.2 Å². The standard InChI is InChI=1S/C17H20ClN3O2/c1-23-15-4-2-14(3-5-15)21-8-6-13(7-9-21)20-17(22)16-10-12(18)11-19-16/h2-5,10-11,13,19H,6-9H2,1H3,(H,20,22). The number of halogens is 1. The predicted molar refractivity (Wildman–Crippen MR) is 91.5 cm³/mol. The fourth-order valence-electron chi connectivity index (χ4n) is 2.84. The van der Waals surface area contributed by atoms with Gasteiger partial charge in [0.05, 0.1) is 12.1 Å². The van der Waals surface area contributed by atoms with E-state index < -0.39 is 0 Å². The second-order valence-corrected chi connectivity index (χ2v) is 6.10. The van der Waals surface area contributed by atoms with Crippen LogP contribution in [0.15, 0.2) is 36.5 Å². The molecule has 1 aromatic carbocycles. The van der Waals surface area contributed by atoms with Gasteiger partial charge in [-0.2, -0.15) is 0 Å². The molecule has 0 unspecified atom stereocenters. The average molecular weight is 334 g/mol. The topological polar surface area (TPSA) is 57.4 Å². The van der Waals surface area contributed by atoms with E-state index in [0.717, 1.165) is 31.7 Å². The van der Waals surface area contributed by atoms with Crippen LogP contribution in [0.4, 0.5) is 5.69 Å². The van der Waals surface area contributed by atoms with Crippen LogP contribution in [0, 0.1) is 0 Å². The van der Waals surface area contributed by atoms with Crippen molar-refractivity contribution in [3.8, 4) is 5.75 Å². The number of methoxy groups -OCH3 is 1. The molecule has 23 heavy (non-hydrogen) atoms.